The monoisotopic (exact) mass is 244 g/mol. The quantitative estimate of drug-likeness (QED) is 0.803. The SMILES string of the molecule is CCCCC(CC)CN1Cc2ccccc2C1=N. The second kappa shape index (κ2) is 6.03. The largest absolute Gasteiger partial charge is 0.352 e. The molecule has 1 N–H and O–H groups in total. The van der Waals surface area contributed by atoms with E-state index in [1.807, 2.05) is 6.07 Å². The van der Waals surface area contributed by atoms with Crippen molar-refractivity contribution in [1.82, 2.24) is 4.90 Å². The molecule has 2 heteroatoms. The lowest BCUT2D eigenvalue weighted by atomic mass is 9.99. The Kier molecular flexibility index (Phi) is 4.40. The number of nitrogens with zero attached hydrogens (tertiary/aromatic N) is 1. The summed E-state index contributed by atoms with van der Waals surface area (Å²) < 4.78 is 0. The zero-order valence-electron chi connectivity index (χ0n) is 11.6. The molecule has 0 bridgehead atoms. The van der Waals surface area contributed by atoms with E-state index in [0.29, 0.717) is 0 Å². The Morgan fingerprint density at radius 2 is 2.06 bits per heavy atom. The maximum atomic E-state index is 8.26. The first-order valence-electron chi connectivity index (χ1n) is 7.18. The summed E-state index contributed by atoms with van der Waals surface area (Å²) >= 11 is 0. The van der Waals surface area contributed by atoms with E-state index in [1.165, 1.54) is 31.2 Å². The minimum Gasteiger partial charge on any atom is -0.352 e. The van der Waals surface area contributed by atoms with Crippen LogP contribution in [0, 0.1) is 11.3 Å². The maximum absolute atomic E-state index is 8.26. The van der Waals surface area contributed by atoms with Crippen LogP contribution in [0.4, 0.5) is 0 Å². The minimum absolute atomic E-state index is 0.723. The summed E-state index contributed by atoms with van der Waals surface area (Å²) in [7, 11) is 0. The summed E-state index contributed by atoms with van der Waals surface area (Å²) in [5, 5.41) is 8.26. The summed E-state index contributed by atoms with van der Waals surface area (Å²) in [6, 6.07) is 8.33. The molecule has 18 heavy (non-hydrogen) atoms. The molecule has 0 radical (unpaired) electrons. The zero-order chi connectivity index (χ0) is 13.0. The number of amidine groups is 1. The second-order valence-corrected chi connectivity index (χ2v) is 5.30. The Bertz CT molecular complexity index is 411. The number of rotatable bonds is 6. The number of fused-ring (bicyclic) bond motifs is 1. The highest BCUT2D eigenvalue weighted by Gasteiger charge is 2.24. The molecule has 0 saturated heterocycles. The van der Waals surface area contributed by atoms with Crippen molar-refractivity contribution in [3.05, 3.63) is 35.4 Å². The highest BCUT2D eigenvalue weighted by atomic mass is 15.2. The molecule has 2 rings (SSSR count). The summed E-state index contributed by atoms with van der Waals surface area (Å²) in [4.78, 5) is 2.24. The van der Waals surface area contributed by atoms with Crippen LogP contribution >= 0.6 is 0 Å². The van der Waals surface area contributed by atoms with E-state index >= 15 is 0 Å². The van der Waals surface area contributed by atoms with Gasteiger partial charge in [0, 0.05) is 18.7 Å². The first-order chi connectivity index (χ1) is 8.76. The third-order valence-electron chi connectivity index (χ3n) is 3.97. The van der Waals surface area contributed by atoms with Gasteiger partial charge in [-0.2, -0.15) is 0 Å². The number of hydrogen-bond acceptors (Lipinski definition) is 1. The molecule has 0 aliphatic carbocycles. The standard InChI is InChI=1S/C16H24N2/c1-3-5-8-13(4-2)11-18-12-14-9-6-7-10-15(14)16(18)17/h6-7,9-10,13,17H,3-5,8,11-12H2,1-2H3. The number of unbranched alkanes of at least 4 members (excludes halogenated alkanes) is 1. The Morgan fingerprint density at radius 1 is 1.28 bits per heavy atom. The van der Waals surface area contributed by atoms with Gasteiger partial charge >= 0.3 is 0 Å². The van der Waals surface area contributed by atoms with Gasteiger partial charge in [-0.3, -0.25) is 5.41 Å². The van der Waals surface area contributed by atoms with Crippen LogP contribution in [0.1, 0.15) is 50.7 Å². The molecule has 0 amide bonds. The van der Waals surface area contributed by atoms with Crippen molar-refractivity contribution >= 4 is 5.84 Å². The van der Waals surface area contributed by atoms with Crippen LogP contribution in [0.2, 0.25) is 0 Å². The summed E-state index contributed by atoms with van der Waals surface area (Å²) in [6.45, 7) is 6.50. The van der Waals surface area contributed by atoms with Gasteiger partial charge in [-0.15, -0.1) is 0 Å². The lowest BCUT2D eigenvalue weighted by Gasteiger charge is -2.24. The van der Waals surface area contributed by atoms with Crippen LogP contribution < -0.4 is 0 Å². The summed E-state index contributed by atoms with van der Waals surface area (Å²) in [5.74, 6) is 1.46. The maximum Gasteiger partial charge on any atom is 0.128 e. The molecule has 2 nitrogen and oxygen atoms in total. The van der Waals surface area contributed by atoms with E-state index < -0.39 is 0 Å². The fraction of sp³-hybridized carbons (Fsp3) is 0.562. The topological polar surface area (TPSA) is 27.1 Å². The molecule has 0 saturated carbocycles. The predicted octanol–water partition coefficient (Wildman–Crippen LogP) is 4.04. The normalized spacial score (nSPS) is 15.9. The lowest BCUT2D eigenvalue weighted by Crippen LogP contribution is -2.29. The van der Waals surface area contributed by atoms with Crippen molar-refractivity contribution in [2.75, 3.05) is 6.54 Å². The first kappa shape index (κ1) is 13.1. The van der Waals surface area contributed by atoms with E-state index in [1.54, 1.807) is 0 Å². The number of benzene rings is 1. The van der Waals surface area contributed by atoms with Crippen molar-refractivity contribution in [2.24, 2.45) is 5.92 Å². The number of hydrogen-bond donors (Lipinski definition) is 1. The average Bonchev–Trinajstić information content (AvgIpc) is 2.72. The molecule has 1 atom stereocenters. The van der Waals surface area contributed by atoms with Gasteiger partial charge < -0.3 is 4.90 Å². The second-order valence-electron chi connectivity index (χ2n) is 5.30. The lowest BCUT2D eigenvalue weighted by molar-refractivity contribution is 0.314. The van der Waals surface area contributed by atoms with Crippen LogP contribution in [0.15, 0.2) is 24.3 Å². The molecule has 98 valence electrons. The predicted molar refractivity (Wildman–Crippen MR) is 77.0 cm³/mol. The molecule has 1 aliphatic rings. The Morgan fingerprint density at radius 3 is 2.72 bits per heavy atom. The molecular formula is C16H24N2. The first-order valence-corrected chi connectivity index (χ1v) is 7.18. The Hall–Kier alpha value is -1.31. The van der Waals surface area contributed by atoms with Gasteiger partial charge in [0.15, 0.2) is 0 Å². The molecule has 0 spiro atoms. The van der Waals surface area contributed by atoms with Gasteiger partial charge in [-0.05, 0) is 17.9 Å². The van der Waals surface area contributed by atoms with E-state index in [4.69, 9.17) is 5.41 Å². The van der Waals surface area contributed by atoms with Gasteiger partial charge in [-0.25, -0.2) is 0 Å². The highest BCUT2D eigenvalue weighted by Crippen LogP contribution is 2.25. The molecule has 1 heterocycles. The van der Waals surface area contributed by atoms with E-state index in [2.05, 4.69) is 36.9 Å². The third kappa shape index (κ3) is 2.74. The smallest absolute Gasteiger partial charge is 0.128 e. The van der Waals surface area contributed by atoms with Crippen LogP contribution in [0.5, 0.6) is 0 Å². The average molecular weight is 244 g/mol. The van der Waals surface area contributed by atoms with Crippen LogP contribution in [0.25, 0.3) is 0 Å². The molecule has 1 aliphatic heterocycles. The van der Waals surface area contributed by atoms with Gasteiger partial charge in [0.1, 0.15) is 5.84 Å². The molecule has 1 aromatic carbocycles. The van der Waals surface area contributed by atoms with Crippen LogP contribution in [-0.4, -0.2) is 17.3 Å². The van der Waals surface area contributed by atoms with Gasteiger partial charge in [-0.1, -0.05) is 57.4 Å². The van der Waals surface area contributed by atoms with Crippen molar-refractivity contribution in [1.29, 1.82) is 5.41 Å². The van der Waals surface area contributed by atoms with Crippen LogP contribution in [-0.2, 0) is 6.54 Å². The van der Waals surface area contributed by atoms with Crippen molar-refractivity contribution in [3.63, 3.8) is 0 Å². The van der Waals surface area contributed by atoms with Gasteiger partial charge in [0.05, 0.1) is 0 Å². The highest BCUT2D eigenvalue weighted by molar-refractivity contribution is 6.00. The number of nitrogens with one attached hydrogen (secondary N) is 1. The molecule has 0 aromatic heterocycles. The molecule has 1 aromatic rings. The third-order valence-corrected chi connectivity index (χ3v) is 3.97. The van der Waals surface area contributed by atoms with Crippen molar-refractivity contribution < 1.29 is 0 Å². The summed E-state index contributed by atoms with van der Waals surface area (Å²) in [6.07, 6.45) is 5.11. The molecule has 1 unspecified atom stereocenters. The fourth-order valence-corrected chi connectivity index (χ4v) is 2.73. The van der Waals surface area contributed by atoms with Crippen LogP contribution in [0.3, 0.4) is 0 Å². The fourth-order valence-electron chi connectivity index (χ4n) is 2.73. The minimum atomic E-state index is 0.723. The van der Waals surface area contributed by atoms with E-state index in [-0.39, 0.29) is 0 Å². The Labute approximate surface area is 111 Å². The summed E-state index contributed by atoms with van der Waals surface area (Å²) in [5.41, 5.74) is 2.44. The van der Waals surface area contributed by atoms with Crippen molar-refractivity contribution in [2.45, 2.75) is 46.1 Å². The zero-order valence-corrected chi connectivity index (χ0v) is 11.6. The molecular weight excluding hydrogens is 220 g/mol. The molecule has 0 fully saturated rings. The van der Waals surface area contributed by atoms with E-state index in [0.717, 1.165) is 30.4 Å². The Balaban J connectivity index is 1.98. The van der Waals surface area contributed by atoms with Gasteiger partial charge in [0.2, 0.25) is 0 Å². The van der Waals surface area contributed by atoms with E-state index in [9.17, 15) is 0 Å². The van der Waals surface area contributed by atoms with Gasteiger partial charge in [0.25, 0.3) is 0 Å². The van der Waals surface area contributed by atoms with Crippen molar-refractivity contribution in [3.8, 4) is 0 Å².